The molecule has 5 nitrogen and oxygen atoms in total. The third-order valence-electron chi connectivity index (χ3n) is 4.41. The minimum atomic E-state index is 0.242. The summed E-state index contributed by atoms with van der Waals surface area (Å²) in [4.78, 5) is 18.0. The second kappa shape index (κ2) is 7.27. The minimum absolute atomic E-state index is 0.242. The van der Waals surface area contributed by atoms with Crippen LogP contribution in [0.1, 0.15) is 28.3 Å². The fourth-order valence-electron chi connectivity index (χ4n) is 3.00. The third kappa shape index (κ3) is 4.00. The molecular weight excluding hydrogens is 310 g/mol. The lowest BCUT2D eigenvalue weighted by atomic mass is 10.2. The van der Waals surface area contributed by atoms with Gasteiger partial charge < -0.3 is 9.42 Å². The van der Waals surface area contributed by atoms with E-state index < -0.39 is 0 Å². The Morgan fingerprint density at radius 3 is 2.87 bits per heavy atom. The highest BCUT2D eigenvalue weighted by molar-refractivity contribution is 7.10. The second-order valence-corrected chi connectivity index (χ2v) is 7.10. The second-order valence-electron chi connectivity index (χ2n) is 6.07. The van der Waals surface area contributed by atoms with Crippen molar-refractivity contribution in [3.8, 4) is 0 Å². The average molecular weight is 333 g/mol. The van der Waals surface area contributed by atoms with Crippen molar-refractivity contribution in [2.75, 3.05) is 26.2 Å². The zero-order valence-electron chi connectivity index (χ0n) is 13.7. The van der Waals surface area contributed by atoms with Crippen molar-refractivity contribution in [3.05, 3.63) is 39.4 Å². The Bertz CT molecular complexity index is 631. The summed E-state index contributed by atoms with van der Waals surface area (Å²) in [6.07, 6.45) is 1.54. The molecule has 2 aromatic rings. The Labute approximate surface area is 140 Å². The molecule has 23 heavy (non-hydrogen) atoms. The molecule has 0 radical (unpaired) electrons. The highest BCUT2D eigenvalue weighted by Gasteiger charge is 2.21. The topological polar surface area (TPSA) is 49.6 Å². The number of hydrogen-bond donors (Lipinski definition) is 0. The van der Waals surface area contributed by atoms with E-state index in [1.807, 2.05) is 36.3 Å². The molecule has 1 aliphatic rings. The van der Waals surface area contributed by atoms with Gasteiger partial charge in [0.1, 0.15) is 5.76 Å². The molecule has 124 valence electrons. The predicted molar refractivity (Wildman–Crippen MR) is 90.5 cm³/mol. The summed E-state index contributed by atoms with van der Waals surface area (Å²) < 4.78 is 5.25. The number of rotatable bonds is 4. The smallest absolute Gasteiger partial charge is 0.227 e. The quantitative estimate of drug-likeness (QED) is 0.863. The van der Waals surface area contributed by atoms with Crippen LogP contribution in [0.5, 0.6) is 0 Å². The van der Waals surface area contributed by atoms with Crippen LogP contribution in [0, 0.1) is 13.8 Å². The Morgan fingerprint density at radius 2 is 2.17 bits per heavy atom. The summed E-state index contributed by atoms with van der Waals surface area (Å²) in [7, 11) is 0. The minimum Gasteiger partial charge on any atom is -0.361 e. The zero-order chi connectivity index (χ0) is 16.2. The SMILES string of the molecule is Cc1noc(C)c1CN1CCCN(C(=O)Cc2cccs2)CC1. The van der Waals surface area contributed by atoms with Gasteiger partial charge in [-0.05, 0) is 31.7 Å². The molecule has 3 rings (SSSR count). The van der Waals surface area contributed by atoms with Gasteiger partial charge in [-0.2, -0.15) is 0 Å². The van der Waals surface area contributed by atoms with Gasteiger partial charge in [-0.15, -0.1) is 11.3 Å². The molecule has 0 unspecified atom stereocenters. The number of thiophene rings is 1. The van der Waals surface area contributed by atoms with Gasteiger partial charge in [0.15, 0.2) is 0 Å². The first-order chi connectivity index (χ1) is 11.1. The van der Waals surface area contributed by atoms with Crippen molar-refractivity contribution >= 4 is 17.2 Å². The number of aromatic nitrogens is 1. The van der Waals surface area contributed by atoms with Gasteiger partial charge in [0.05, 0.1) is 12.1 Å². The normalized spacial score (nSPS) is 16.5. The van der Waals surface area contributed by atoms with Crippen LogP contribution in [-0.4, -0.2) is 47.0 Å². The zero-order valence-corrected chi connectivity index (χ0v) is 14.6. The van der Waals surface area contributed by atoms with E-state index in [1.54, 1.807) is 11.3 Å². The fraction of sp³-hybridized carbons (Fsp3) is 0.529. The molecule has 0 aliphatic carbocycles. The first kappa shape index (κ1) is 16.2. The van der Waals surface area contributed by atoms with Crippen molar-refractivity contribution in [2.45, 2.75) is 33.2 Å². The van der Waals surface area contributed by atoms with Crippen molar-refractivity contribution in [3.63, 3.8) is 0 Å². The number of amides is 1. The number of nitrogens with zero attached hydrogens (tertiary/aromatic N) is 3. The lowest BCUT2D eigenvalue weighted by Crippen LogP contribution is -2.36. The molecular formula is C17H23N3O2S. The number of hydrogen-bond acceptors (Lipinski definition) is 5. The van der Waals surface area contributed by atoms with Crippen LogP contribution >= 0.6 is 11.3 Å². The molecule has 1 saturated heterocycles. The number of carbonyl (C=O) groups is 1. The van der Waals surface area contributed by atoms with Gasteiger partial charge >= 0.3 is 0 Å². The van der Waals surface area contributed by atoms with E-state index in [9.17, 15) is 4.79 Å². The maximum atomic E-state index is 12.4. The van der Waals surface area contributed by atoms with Crippen LogP contribution in [-0.2, 0) is 17.8 Å². The van der Waals surface area contributed by atoms with E-state index in [4.69, 9.17) is 4.52 Å². The summed E-state index contributed by atoms with van der Waals surface area (Å²) in [5, 5.41) is 6.05. The molecule has 3 heterocycles. The van der Waals surface area contributed by atoms with E-state index in [0.717, 1.165) is 55.5 Å². The van der Waals surface area contributed by atoms with E-state index in [1.165, 1.54) is 5.56 Å². The largest absolute Gasteiger partial charge is 0.361 e. The Morgan fingerprint density at radius 1 is 1.30 bits per heavy atom. The molecule has 1 amide bonds. The Hall–Kier alpha value is -1.66. The molecule has 0 bridgehead atoms. The fourth-order valence-corrected chi connectivity index (χ4v) is 3.70. The van der Waals surface area contributed by atoms with Crippen LogP contribution in [0.25, 0.3) is 0 Å². The van der Waals surface area contributed by atoms with E-state index in [-0.39, 0.29) is 5.91 Å². The predicted octanol–water partition coefficient (Wildman–Crippen LogP) is 2.63. The molecule has 0 saturated carbocycles. The van der Waals surface area contributed by atoms with Crippen molar-refractivity contribution in [1.29, 1.82) is 0 Å². The van der Waals surface area contributed by atoms with Gasteiger partial charge in [0.2, 0.25) is 5.91 Å². The van der Waals surface area contributed by atoms with E-state index >= 15 is 0 Å². The first-order valence-electron chi connectivity index (χ1n) is 8.08. The summed E-state index contributed by atoms with van der Waals surface area (Å²) in [6.45, 7) is 8.36. The van der Waals surface area contributed by atoms with Gasteiger partial charge in [0.25, 0.3) is 0 Å². The van der Waals surface area contributed by atoms with Crippen molar-refractivity contribution in [2.24, 2.45) is 0 Å². The molecule has 0 N–H and O–H groups in total. The van der Waals surface area contributed by atoms with Gasteiger partial charge in [0, 0.05) is 43.2 Å². The highest BCUT2D eigenvalue weighted by Crippen LogP contribution is 2.17. The number of aryl methyl sites for hydroxylation is 2. The van der Waals surface area contributed by atoms with Crippen LogP contribution in [0.2, 0.25) is 0 Å². The molecule has 1 aliphatic heterocycles. The summed E-state index contributed by atoms with van der Waals surface area (Å²) in [5.74, 6) is 1.14. The molecule has 0 spiro atoms. The highest BCUT2D eigenvalue weighted by atomic mass is 32.1. The first-order valence-corrected chi connectivity index (χ1v) is 8.95. The maximum absolute atomic E-state index is 12.4. The van der Waals surface area contributed by atoms with Gasteiger partial charge in [-0.3, -0.25) is 9.69 Å². The monoisotopic (exact) mass is 333 g/mol. The summed E-state index contributed by atoms with van der Waals surface area (Å²) in [5.41, 5.74) is 2.15. The van der Waals surface area contributed by atoms with Crippen LogP contribution < -0.4 is 0 Å². The summed E-state index contributed by atoms with van der Waals surface area (Å²) >= 11 is 1.65. The molecule has 6 heteroatoms. The standard InChI is InChI=1S/C17H23N3O2S/c1-13-16(14(2)22-18-13)12-19-6-4-7-20(9-8-19)17(21)11-15-5-3-10-23-15/h3,5,10H,4,6-9,11-12H2,1-2H3. The molecule has 0 aromatic carbocycles. The third-order valence-corrected chi connectivity index (χ3v) is 5.29. The lowest BCUT2D eigenvalue weighted by molar-refractivity contribution is -0.130. The maximum Gasteiger partial charge on any atom is 0.227 e. The molecule has 1 fully saturated rings. The average Bonchev–Trinajstić information content (AvgIpc) is 3.06. The summed E-state index contributed by atoms with van der Waals surface area (Å²) in [6, 6.07) is 4.03. The van der Waals surface area contributed by atoms with Crippen LogP contribution in [0.3, 0.4) is 0 Å². The lowest BCUT2D eigenvalue weighted by Gasteiger charge is -2.22. The number of carbonyl (C=O) groups excluding carboxylic acids is 1. The van der Waals surface area contributed by atoms with Crippen LogP contribution in [0.4, 0.5) is 0 Å². The van der Waals surface area contributed by atoms with Gasteiger partial charge in [-0.1, -0.05) is 11.2 Å². The van der Waals surface area contributed by atoms with E-state index in [0.29, 0.717) is 6.42 Å². The van der Waals surface area contributed by atoms with Gasteiger partial charge in [-0.25, -0.2) is 0 Å². The van der Waals surface area contributed by atoms with E-state index in [2.05, 4.69) is 10.1 Å². The van der Waals surface area contributed by atoms with Crippen molar-refractivity contribution in [1.82, 2.24) is 15.0 Å². The van der Waals surface area contributed by atoms with Crippen molar-refractivity contribution < 1.29 is 9.32 Å². The Kier molecular flexibility index (Phi) is 5.13. The molecule has 0 atom stereocenters. The Balaban J connectivity index is 1.55. The molecule has 2 aromatic heterocycles. The van der Waals surface area contributed by atoms with Crippen LogP contribution in [0.15, 0.2) is 22.0 Å².